The van der Waals surface area contributed by atoms with Gasteiger partial charge in [0.15, 0.2) is 0 Å². The van der Waals surface area contributed by atoms with Crippen LogP contribution in [0.15, 0.2) is 24.3 Å². The van der Waals surface area contributed by atoms with Crippen molar-refractivity contribution in [2.75, 3.05) is 0 Å². The second kappa shape index (κ2) is 4.00. The molecular weight excluding hydrogens is 454 g/mol. The number of rotatable bonds is 0. The van der Waals surface area contributed by atoms with Gasteiger partial charge in [-0.2, -0.15) is 0 Å². The summed E-state index contributed by atoms with van der Waals surface area (Å²) in [5.74, 6) is 1.99. The van der Waals surface area contributed by atoms with Crippen LogP contribution in [0.3, 0.4) is 0 Å². The van der Waals surface area contributed by atoms with Crippen molar-refractivity contribution < 1.29 is 9.47 Å². The van der Waals surface area contributed by atoms with E-state index in [2.05, 4.69) is 69.4 Å². The van der Waals surface area contributed by atoms with Crippen molar-refractivity contribution in [3.05, 3.63) is 42.5 Å². The Morgan fingerprint density at radius 3 is 1.61 bits per heavy atom. The lowest BCUT2D eigenvalue weighted by atomic mass is 9.91. The third kappa shape index (κ3) is 1.57. The molecule has 0 fully saturated rings. The van der Waals surface area contributed by atoms with Crippen molar-refractivity contribution in [2.24, 2.45) is 0 Å². The molecule has 18 heavy (non-hydrogen) atoms. The van der Waals surface area contributed by atoms with Crippen LogP contribution in [-0.4, -0.2) is 0 Å². The van der Waals surface area contributed by atoms with Crippen LogP contribution in [0.2, 0.25) is 0 Å². The van der Waals surface area contributed by atoms with Gasteiger partial charge in [-0.05, 0) is 69.4 Å². The van der Waals surface area contributed by atoms with Gasteiger partial charge >= 0.3 is 0 Å². The van der Waals surface area contributed by atoms with E-state index in [4.69, 9.17) is 9.47 Å². The first-order valence-corrected chi connectivity index (χ1v) is 7.79. The molecule has 2 aromatic rings. The molecule has 0 atom stereocenters. The normalized spacial score (nSPS) is 14.6. The van der Waals surface area contributed by atoms with Gasteiger partial charge in [0.1, 0.15) is 24.7 Å². The van der Waals surface area contributed by atoms with Gasteiger partial charge in [0.25, 0.3) is 0 Å². The molecule has 0 amide bonds. The first-order chi connectivity index (χ1) is 8.72. The molecule has 0 bridgehead atoms. The molecule has 0 saturated heterocycles. The van der Waals surface area contributed by atoms with Crippen LogP contribution in [0.5, 0.6) is 11.5 Å². The fraction of sp³-hybridized carbons (Fsp3) is 0.143. The molecular formula is C14H8I2O2. The van der Waals surface area contributed by atoms with Gasteiger partial charge in [0.2, 0.25) is 0 Å². The van der Waals surface area contributed by atoms with E-state index < -0.39 is 0 Å². The van der Waals surface area contributed by atoms with Gasteiger partial charge in [-0.25, -0.2) is 0 Å². The van der Waals surface area contributed by atoms with Gasteiger partial charge < -0.3 is 9.47 Å². The minimum atomic E-state index is 0.634. The fourth-order valence-corrected chi connectivity index (χ4v) is 3.92. The zero-order valence-corrected chi connectivity index (χ0v) is 13.6. The summed E-state index contributed by atoms with van der Waals surface area (Å²) in [6.45, 7) is 1.27. The van der Waals surface area contributed by atoms with E-state index in [1.807, 2.05) is 0 Å². The molecule has 0 unspecified atom stereocenters. The molecule has 4 rings (SSSR count). The lowest BCUT2D eigenvalue weighted by Gasteiger charge is -2.29. The van der Waals surface area contributed by atoms with Crippen LogP contribution in [0.25, 0.3) is 11.1 Å². The quantitative estimate of drug-likeness (QED) is 0.543. The van der Waals surface area contributed by atoms with E-state index in [0.717, 1.165) is 11.5 Å². The summed E-state index contributed by atoms with van der Waals surface area (Å²) in [5, 5.41) is 0. The molecule has 0 N–H and O–H groups in total. The largest absolute Gasteiger partial charge is 0.488 e. The number of halogens is 2. The first kappa shape index (κ1) is 11.3. The maximum Gasteiger partial charge on any atom is 0.129 e. The summed E-state index contributed by atoms with van der Waals surface area (Å²) < 4.78 is 14.2. The van der Waals surface area contributed by atoms with Crippen LogP contribution in [0.4, 0.5) is 0 Å². The number of hydrogen-bond donors (Lipinski definition) is 0. The van der Waals surface area contributed by atoms with Crippen LogP contribution in [-0.2, 0) is 13.2 Å². The summed E-state index contributed by atoms with van der Waals surface area (Å²) in [7, 11) is 0. The van der Waals surface area contributed by atoms with Crippen LogP contribution < -0.4 is 9.47 Å². The van der Waals surface area contributed by atoms with E-state index in [-0.39, 0.29) is 0 Å². The maximum atomic E-state index is 5.89. The van der Waals surface area contributed by atoms with E-state index in [0.29, 0.717) is 13.2 Å². The molecule has 0 spiro atoms. The molecule has 90 valence electrons. The van der Waals surface area contributed by atoms with Crippen LogP contribution in [0, 0.1) is 7.14 Å². The minimum absolute atomic E-state index is 0.634. The molecule has 2 nitrogen and oxygen atoms in total. The summed E-state index contributed by atoms with van der Waals surface area (Å²) in [6.07, 6.45) is 0. The Kier molecular flexibility index (Phi) is 2.52. The third-order valence-electron chi connectivity index (χ3n) is 3.31. The highest BCUT2D eigenvalue weighted by Gasteiger charge is 2.28. The predicted molar refractivity (Wildman–Crippen MR) is 86.0 cm³/mol. The fourth-order valence-electron chi connectivity index (χ4n) is 2.61. The van der Waals surface area contributed by atoms with E-state index in [9.17, 15) is 0 Å². The lowest BCUT2D eigenvalue weighted by molar-refractivity contribution is 0.277. The zero-order valence-electron chi connectivity index (χ0n) is 9.30. The van der Waals surface area contributed by atoms with Gasteiger partial charge in [0.05, 0.1) is 0 Å². The van der Waals surface area contributed by atoms with Gasteiger partial charge in [-0.15, -0.1) is 0 Å². The molecule has 2 heterocycles. The molecule has 0 radical (unpaired) electrons. The Labute approximate surface area is 132 Å². The maximum absolute atomic E-state index is 5.89. The SMILES string of the molecule is Ic1cc2c3c(c1)OCc1cc(I)cc(c1-3)OC2. The van der Waals surface area contributed by atoms with Crippen molar-refractivity contribution in [3.63, 3.8) is 0 Å². The van der Waals surface area contributed by atoms with E-state index in [1.54, 1.807) is 0 Å². The average Bonchev–Trinajstić information content (AvgIpc) is 2.34. The highest BCUT2D eigenvalue weighted by Crippen LogP contribution is 2.49. The molecule has 0 aliphatic carbocycles. The number of ether oxygens (including phenoxy) is 2. The van der Waals surface area contributed by atoms with Crippen molar-refractivity contribution in [1.29, 1.82) is 0 Å². The minimum Gasteiger partial charge on any atom is -0.488 e. The van der Waals surface area contributed by atoms with Crippen molar-refractivity contribution in [2.45, 2.75) is 13.2 Å². The molecule has 0 aromatic heterocycles. The van der Waals surface area contributed by atoms with Crippen molar-refractivity contribution >= 4 is 45.2 Å². The summed E-state index contributed by atoms with van der Waals surface area (Å²) in [5.41, 5.74) is 4.92. The summed E-state index contributed by atoms with van der Waals surface area (Å²) >= 11 is 4.65. The van der Waals surface area contributed by atoms with E-state index >= 15 is 0 Å². The highest BCUT2D eigenvalue weighted by molar-refractivity contribution is 14.1. The second-order valence-electron chi connectivity index (χ2n) is 4.45. The Morgan fingerprint density at radius 2 is 1.17 bits per heavy atom. The number of hydrogen-bond acceptors (Lipinski definition) is 2. The molecule has 2 aliphatic rings. The van der Waals surface area contributed by atoms with Crippen LogP contribution >= 0.6 is 45.2 Å². The smallest absolute Gasteiger partial charge is 0.129 e. The topological polar surface area (TPSA) is 18.5 Å². The molecule has 2 aliphatic heterocycles. The van der Waals surface area contributed by atoms with Gasteiger partial charge in [0, 0.05) is 29.4 Å². The molecule has 2 aromatic carbocycles. The Balaban J connectivity index is 2.10. The Bertz CT molecular complexity index is 570. The monoisotopic (exact) mass is 462 g/mol. The summed E-state index contributed by atoms with van der Waals surface area (Å²) in [4.78, 5) is 0. The summed E-state index contributed by atoms with van der Waals surface area (Å²) in [6, 6.07) is 8.57. The standard InChI is InChI=1S/C14H8I2O2/c15-9-1-7-5-17-12-4-10(16)2-8-6-18-11(3-9)13(7)14(8)12/h1-4H,5-6H2. The zero-order chi connectivity index (χ0) is 12.3. The average molecular weight is 462 g/mol. The van der Waals surface area contributed by atoms with Gasteiger partial charge in [-0.3, -0.25) is 0 Å². The van der Waals surface area contributed by atoms with Crippen molar-refractivity contribution in [1.82, 2.24) is 0 Å². The first-order valence-electron chi connectivity index (χ1n) is 5.63. The third-order valence-corrected chi connectivity index (χ3v) is 4.56. The highest BCUT2D eigenvalue weighted by atomic mass is 127. The second-order valence-corrected chi connectivity index (χ2v) is 6.94. The Morgan fingerprint density at radius 1 is 0.722 bits per heavy atom. The lowest BCUT2D eigenvalue weighted by Crippen LogP contribution is -2.15. The molecule has 4 heteroatoms. The van der Waals surface area contributed by atoms with E-state index in [1.165, 1.54) is 29.4 Å². The predicted octanol–water partition coefficient (Wildman–Crippen LogP) is 4.35. The number of benzene rings is 2. The van der Waals surface area contributed by atoms with Crippen molar-refractivity contribution in [3.8, 4) is 22.6 Å². The van der Waals surface area contributed by atoms with Gasteiger partial charge in [-0.1, -0.05) is 0 Å². The van der Waals surface area contributed by atoms with Crippen LogP contribution in [0.1, 0.15) is 11.1 Å². The Hall–Kier alpha value is -0.500. The molecule has 0 saturated carbocycles.